The fourth-order valence-corrected chi connectivity index (χ4v) is 3.64. The van der Waals surface area contributed by atoms with E-state index in [0.717, 1.165) is 17.8 Å². The first-order chi connectivity index (χ1) is 13.7. The van der Waals surface area contributed by atoms with Crippen LogP contribution >= 0.6 is 0 Å². The third-order valence-electron chi connectivity index (χ3n) is 3.74. The van der Waals surface area contributed by atoms with Gasteiger partial charge < -0.3 is 10.6 Å². The summed E-state index contributed by atoms with van der Waals surface area (Å²) in [6.45, 7) is 4.48. The summed E-state index contributed by atoms with van der Waals surface area (Å²) >= 11 is 0. The van der Waals surface area contributed by atoms with Crippen LogP contribution in [-0.4, -0.2) is 24.9 Å². The number of rotatable bonds is 7. The summed E-state index contributed by atoms with van der Waals surface area (Å²) in [7, 11) is -4.13. The van der Waals surface area contributed by atoms with Crippen LogP contribution in [-0.2, 0) is 10.0 Å². The summed E-state index contributed by atoms with van der Waals surface area (Å²) in [4.78, 5) is 8.11. The molecule has 0 fully saturated rings. The molecule has 0 bridgehead atoms. The minimum atomic E-state index is -4.13. The number of hydrogen-bond donors (Lipinski definition) is 3. The molecule has 0 unspecified atom stereocenters. The summed E-state index contributed by atoms with van der Waals surface area (Å²) in [5, 5.41) is 6.15. The molecule has 3 aromatic rings. The molecule has 0 radical (unpaired) electrons. The SMILES string of the molecule is CCNc1nc(C)cc(Nc2ccc(NS(=O)(=O)c3cc(F)cc(F)c3)cc2)n1. The van der Waals surface area contributed by atoms with Crippen LogP contribution in [0.25, 0.3) is 0 Å². The fraction of sp³-hybridized carbons (Fsp3) is 0.158. The first kappa shape index (κ1) is 20.5. The molecule has 0 amide bonds. The van der Waals surface area contributed by atoms with E-state index in [1.54, 1.807) is 18.2 Å². The Hall–Kier alpha value is -3.27. The zero-order valence-corrected chi connectivity index (χ0v) is 16.5. The van der Waals surface area contributed by atoms with Gasteiger partial charge in [0.1, 0.15) is 17.5 Å². The zero-order valence-electron chi connectivity index (χ0n) is 15.7. The second-order valence-electron chi connectivity index (χ2n) is 6.16. The number of sulfonamides is 1. The van der Waals surface area contributed by atoms with Crippen LogP contribution in [0.4, 0.5) is 31.9 Å². The highest BCUT2D eigenvalue weighted by Crippen LogP contribution is 2.22. The van der Waals surface area contributed by atoms with Crippen molar-refractivity contribution in [1.82, 2.24) is 9.97 Å². The molecule has 1 aromatic heterocycles. The molecule has 0 aliphatic heterocycles. The van der Waals surface area contributed by atoms with E-state index >= 15 is 0 Å². The van der Waals surface area contributed by atoms with E-state index in [9.17, 15) is 17.2 Å². The summed E-state index contributed by atoms with van der Waals surface area (Å²) in [5.74, 6) is -0.859. The van der Waals surface area contributed by atoms with E-state index in [0.29, 0.717) is 30.1 Å². The van der Waals surface area contributed by atoms with Gasteiger partial charge >= 0.3 is 0 Å². The molecule has 3 N–H and O–H groups in total. The minimum Gasteiger partial charge on any atom is -0.354 e. The zero-order chi connectivity index (χ0) is 21.0. The molecule has 3 rings (SSSR count). The van der Waals surface area contributed by atoms with Gasteiger partial charge in [-0.1, -0.05) is 0 Å². The first-order valence-corrected chi connectivity index (χ1v) is 10.2. The molecule has 152 valence electrons. The molecule has 0 saturated carbocycles. The van der Waals surface area contributed by atoms with Crippen molar-refractivity contribution in [2.75, 3.05) is 21.9 Å². The van der Waals surface area contributed by atoms with Gasteiger partial charge in [0.05, 0.1) is 4.90 Å². The molecule has 0 saturated heterocycles. The highest BCUT2D eigenvalue weighted by atomic mass is 32.2. The molecular formula is C19H19F2N5O2S. The van der Waals surface area contributed by atoms with Gasteiger partial charge in [-0.2, -0.15) is 4.98 Å². The maximum atomic E-state index is 13.3. The number of aryl methyl sites for hydroxylation is 1. The Morgan fingerprint density at radius 3 is 2.17 bits per heavy atom. The smallest absolute Gasteiger partial charge is 0.262 e. The monoisotopic (exact) mass is 419 g/mol. The van der Waals surface area contributed by atoms with E-state index < -0.39 is 26.6 Å². The largest absolute Gasteiger partial charge is 0.354 e. The van der Waals surface area contributed by atoms with Gasteiger partial charge in [0, 0.05) is 35.7 Å². The van der Waals surface area contributed by atoms with E-state index in [-0.39, 0.29) is 5.69 Å². The lowest BCUT2D eigenvalue weighted by atomic mass is 10.3. The number of nitrogens with zero attached hydrogens (tertiary/aromatic N) is 2. The van der Waals surface area contributed by atoms with Gasteiger partial charge in [0.25, 0.3) is 10.0 Å². The molecule has 2 aromatic carbocycles. The lowest BCUT2D eigenvalue weighted by Crippen LogP contribution is -2.13. The Morgan fingerprint density at radius 1 is 0.931 bits per heavy atom. The highest BCUT2D eigenvalue weighted by molar-refractivity contribution is 7.92. The molecule has 0 spiro atoms. The number of halogens is 2. The second-order valence-corrected chi connectivity index (χ2v) is 7.84. The number of hydrogen-bond acceptors (Lipinski definition) is 6. The Balaban J connectivity index is 1.75. The number of anilines is 4. The van der Waals surface area contributed by atoms with Gasteiger partial charge in [-0.3, -0.25) is 4.72 Å². The molecule has 0 aliphatic carbocycles. The van der Waals surface area contributed by atoms with E-state index in [1.165, 1.54) is 12.1 Å². The Morgan fingerprint density at radius 2 is 1.55 bits per heavy atom. The van der Waals surface area contributed by atoms with Crippen molar-refractivity contribution in [3.8, 4) is 0 Å². The number of benzene rings is 2. The summed E-state index contributed by atoms with van der Waals surface area (Å²) < 4.78 is 53.6. The summed E-state index contributed by atoms with van der Waals surface area (Å²) in [5.41, 5.74) is 1.70. The Bertz CT molecular complexity index is 1100. The van der Waals surface area contributed by atoms with Gasteiger partial charge in [-0.15, -0.1) is 0 Å². The molecule has 29 heavy (non-hydrogen) atoms. The number of nitrogens with one attached hydrogen (secondary N) is 3. The maximum absolute atomic E-state index is 13.3. The molecule has 0 atom stereocenters. The van der Waals surface area contributed by atoms with Crippen LogP contribution in [0.1, 0.15) is 12.6 Å². The van der Waals surface area contributed by atoms with Gasteiger partial charge in [0.15, 0.2) is 0 Å². The molecule has 7 nitrogen and oxygen atoms in total. The Kier molecular flexibility index (Phi) is 5.92. The van der Waals surface area contributed by atoms with Crippen molar-refractivity contribution >= 4 is 33.2 Å². The summed E-state index contributed by atoms with van der Waals surface area (Å²) in [6, 6.07) is 10.2. The molecular weight excluding hydrogens is 400 g/mol. The quantitative estimate of drug-likeness (QED) is 0.535. The van der Waals surface area contributed by atoms with Gasteiger partial charge in [-0.05, 0) is 50.2 Å². The standard InChI is InChI=1S/C19H19F2N5O2S/c1-3-22-19-23-12(2)8-18(25-19)24-15-4-6-16(7-5-15)26-29(27,28)17-10-13(20)9-14(21)11-17/h4-11,26H,3H2,1-2H3,(H2,22,23,24,25). The Labute approximate surface area is 167 Å². The van der Waals surface area contributed by atoms with Crippen molar-refractivity contribution < 1.29 is 17.2 Å². The summed E-state index contributed by atoms with van der Waals surface area (Å²) in [6.07, 6.45) is 0. The first-order valence-electron chi connectivity index (χ1n) is 8.71. The van der Waals surface area contributed by atoms with E-state index in [2.05, 4.69) is 25.3 Å². The third kappa shape index (κ3) is 5.38. The van der Waals surface area contributed by atoms with Crippen LogP contribution in [0.15, 0.2) is 53.4 Å². The molecule has 0 aliphatic rings. The molecule has 1 heterocycles. The van der Waals surface area contributed by atoms with Crippen molar-refractivity contribution in [2.45, 2.75) is 18.7 Å². The number of aromatic nitrogens is 2. The normalized spacial score (nSPS) is 11.2. The fourth-order valence-electron chi connectivity index (χ4n) is 2.54. The van der Waals surface area contributed by atoms with Crippen molar-refractivity contribution in [3.63, 3.8) is 0 Å². The van der Waals surface area contributed by atoms with Crippen LogP contribution < -0.4 is 15.4 Å². The van der Waals surface area contributed by atoms with E-state index in [1.807, 2.05) is 13.8 Å². The lowest BCUT2D eigenvalue weighted by Gasteiger charge is -2.11. The maximum Gasteiger partial charge on any atom is 0.262 e. The van der Waals surface area contributed by atoms with Gasteiger partial charge in [-0.25, -0.2) is 22.2 Å². The van der Waals surface area contributed by atoms with Crippen molar-refractivity contribution in [2.24, 2.45) is 0 Å². The van der Waals surface area contributed by atoms with Crippen LogP contribution in [0.5, 0.6) is 0 Å². The third-order valence-corrected chi connectivity index (χ3v) is 5.11. The lowest BCUT2D eigenvalue weighted by molar-refractivity contribution is 0.568. The van der Waals surface area contributed by atoms with Crippen molar-refractivity contribution in [3.05, 3.63) is 65.9 Å². The van der Waals surface area contributed by atoms with Crippen LogP contribution in [0, 0.1) is 18.6 Å². The predicted molar refractivity (Wildman–Crippen MR) is 108 cm³/mol. The van der Waals surface area contributed by atoms with Crippen molar-refractivity contribution in [1.29, 1.82) is 0 Å². The highest BCUT2D eigenvalue weighted by Gasteiger charge is 2.16. The van der Waals surface area contributed by atoms with E-state index in [4.69, 9.17) is 0 Å². The average Bonchev–Trinajstić information content (AvgIpc) is 2.62. The predicted octanol–water partition coefficient (Wildman–Crippen LogP) is 4.04. The second kappa shape index (κ2) is 8.39. The topological polar surface area (TPSA) is 96.0 Å². The van der Waals surface area contributed by atoms with Gasteiger partial charge in [0.2, 0.25) is 5.95 Å². The van der Waals surface area contributed by atoms with Crippen LogP contribution in [0.2, 0.25) is 0 Å². The average molecular weight is 419 g/mol. The minimum absolute atomic E-state index is 0.243. The molecule has 10 heteroatoms. The van der Waals surface area contributed by atoms with Crippen LogP contribution in [0.3, 0.4) is 0 Å².